The first-order chi connectivity index (χ1) is 12.1. The lowest BCUT2D eigenvalue weighted by Crippen LogP contribution is -2.42. The maximum Gasteiger partial charge on any atom is 0.287 e. The number of hydrogen-bond donors (Lipinski definition) is 2. The molecule has 2 aromatic heterocycles. The maximum absolute atomic E-state index is 12.4. The van der Waals surface area contributed by atoms with Gasteiger partial charge in [-0.25, -0.2) is 0 Å². The van der Waals surface area contributed by atoms with Crippen LogP contribution in [0.15, 0.2) is 57.1 Å². The molecule has 0 aliphatic heterocycles. The molecule has 6 heteroatoms. The van der Waals surface area contributed by atoms with E-state index in [1.165, 1.54) is 17.4 Å². The zero-order valence-corrected chi connectivity index (χ0v) is 14.2. The van der Waals surface area contributed by atoms with Gasteiger partial charge in [0.15, 0.2) is 11.2 Å². The van der Waals surface area contributed by atoms with Crippen LogP contribution in [0.4, 0.5) is 0 Å². The fraction of sp³-hybridized carbons (Fsp3) is 0.263. The van der Waals surface area contributed by atoms with Gasteiger partial charge < -0.3 is 14.8 Å². The van der Waals surface area contributed by atoms with E-state index >= 15 is 0 Å². The average molecular weight is 355 g/mol. The number of amides is 1. The monoisotopic (exact) mass is 355 g/mol. The van der Waals surface area contributed by atoms with Gasteiger partial charge in [0, 0.05) is 10.9 Å². The van der Waals surface area contributed by atoms with Crippen LogP contribution in [0, 0.1) is 5.92 Å². The zero-order valence-electron chi connectivity index (χ0n) is 13.4. The van der Waals surface area contributed by atoms with E-state index in [2.05, 4.69) is 5.32 Å². The minimum absolute atomic E-state index is 0.0481. The zero-order chi connectivity index (χ0) is 17.4. The highest BCUT2D eigenvalue weighted by atomic mass is 32.1. The Morgan fingerprint density at radius 1 is 1.28 bits per heavy atom. The van der Waals surface area contributed by atoms with Crippen molar-refractivity contribution in [3.05, 3.63) is 68.7 Å². The highest BCUT2D eigenvalue weighted by molar-refractivity contribution is 7.10. The van der Waals surface area contributed by atoms with E-state index < -0.39 is 11.5 Å². The molecule has 1 fully saturated rings. The number of para-hydroxylation sites is 1. The van der Waals surface area contributed by atoms with E-state index in [0.29, 0.717) is 11.0 Å². The number of carbonyl (C=O) groups excluding carboxylic acids is 1. The Balaban J connectivity index is 1.57. The minimum Gasteiger partial charge on any atom is -0.451 e. The normalized spacial score (nSPS) is 16.5. The van der Waals surface area contributed by atoms with Crippen LogP contribution in [0.1, 0.15) is 28.3 Å². The first-order valence-electron chi connectivity index (χ1n) is 8.15. The van der Waals surface area contributed by atoms with Crippen molar-refractivity contribution in [2.75, 3.05) is 6.54 Å². The second-order valence-electron chi connectivity index (χ2n) is 6.33. The molecule has 1 atom stereocenters. The molecule has 1 aromatic carbocycles. The topological polar surface area (TPSA) is 79.5 Å². The summed E-state index contributed by atoms with van der Waals surface area (Å²) in [6.45, 7) is 0.0908. The molecule has 5 nitrogen and oxygen atoms in total. The first-order valence-corrected chi connectivity index (χ1v) is 9.03. The quantitative estimate of drug-likeness (QED) is 0.737. The van der Waals surface area contributed by atoms with Gasteiger partial charge in [0.1, 0.15) is 11.2 Å². The molecule has 1 saturated carbocycles. The lowest BCUT2D eigenvalue weighted by Gasteiger charge is -2.27. The number of nitrogens with one attached hydrogen (secondary N) is 1. The molecule has 0 spiro atoms. The third kappa shape index (κ3) is 2.99. The summed E-state index contributed by atoms with van der Waals surface area (Å²) in [5.74, 6) is -0.401. The number of aliphatic hydroxyl groups is 1. The Hall–Kier alpha value is -2.44. The van der Waals surface area contributed by atoms with E-state index in [0.717, 1.165) is 17.7 Å². The van der Waals surface area contributed by atoms with E-state index in [9.17, 15) is 14.7 Å². The predicted octanol–water partition coefficient (Wildman–Crippen LogP) is 2.88. The predicted molar refractivity (Wildman–Crippen MR) is 95.8 cm³/mol. The standard InChI is InChI=1S/C19H17NO4S/c21-14-10-16(24-15-5-2-1-4-13(14)15)18(22)20-11-19(23,12-7-8-12)17-6-3-9-25-17/h1-6,9-10,12,23H,7-8,11H2,(H,20,22)/t19-/m0/s1. The van der Waals surface area contributed by atoms with Crippen LogP contribution in [0.25, 0.3) is 11.0 Å². The summed E-state index contributed by atoms with van der Waals surface area (Å²) in [6, 6.07) is 11.8. The van der Waals surface area contributed by atoms with E-state index in [1.807, 2.05) is 17.5 Å². The van der Waals surface area contributed by atoms with Gasteiger partial charge in [-0.2, -0.15) is 0 Å². The number of thiophene rings is 1. The van der Waals surface area contributed by atoms with Crippen LogP contribution in [-0.4, -0.2) is 17.6 Å². The van der Waals surface area contributed by atoms with Gasteiger partial charge in [-0.15, -0.1) is 11.3 Å². The number of rotatable bonds is 5. The van der Waals surface area contributed by atoms with E-state index in [4.69, 9.17) is 4.42 Å². The highest BCUT2D eigenvalue weighted by Crippen LogP contribution is 2.46. The summed E-state index contributed by atoms with van der Waals surface area (Å²) in [6.07, 6.45) is 1.88. The van der Waals surface area contributed by atoms with Crippen molar-refractivity contribution in [1.29, 1.82) is 0 Å². The molecule has 1 aliphatic rings. The van der Waals surface area contributed by atoms with Crippen LogP contribution in [0.3, 0.4) is 0 Å². The van der Waals surface area contributed by atoms with Crippen LogP contribution in [-0.2, 0) is 5.60 Å². The Kier molecular flexibility index (Phi) is 3.94. The third-order valence-electron chi connectivity index (χ3n) is 4.58. The summed E-state index contributed by atoms with van der Waals surface area (Å²) < 4.78 is 5.55. The molecule has 25 heavy (non-hydrogen) atoms. The smallest absolute Gasteiger partial charge is 0.287 e. The molecular formula is C19H17NO4S. The van der Waals surface area contributed by atoms with Crippen molar-refractivity contribution < 1.29 is 14.3 Å². The average Bonchev–Trinajstić information content (AvgIpc) is 3.34. The summed E-state index contributed by atoms with van der Waals surface area (Å²) in [7, 11) is 0. The molecule has 0 bridgehead atoms. The molecule has 1 aliphatic carbocycles. The third-order valence-corrected chi connectivity index (χ3v) is 5.61. The Morgan fingerprint density at radius 3 is 2.80 bits per heavy atom. The molecule has 1 amide bonds. The Labute approximate surface area is 147 Å². The summed E-state index contributed by atoms with van der Waals surface area (Å²) in [5, 5.41) is 16.1. The fourth-order valence-corrected chi connectivity index (χ4v) is 3.94. The van der Waals surface area contributed by atoms with Gasteiger partial charge >= 0.3 is 0 Å². The first kappa shape index (κ1) is 16.1. The van der Waals surface area contributed by atoms with Crippen LogP contribution >= 0.6 is 11.3 Å². The van der Waals surface area contributed by atoms with Gasteiger partial charge in [0.25, 0.3) is 5.91 Å². The SMILES string of the molecule is O=C(NC[C@@](O)(c1cccs1)C1CC1)c1cc(=O)c2ccccc2o1. The van der Waals surface area contributed by atoms with Gasteiger partial charge in [0.2, 0.25) is 0 Å². The Bertz CT molecular complexity index is 975. The largest absolute Gasteiger partial charge is 0.451 e. The number of benzene rings is 1. The van der Waals surface area contributed by atoms with E-state index in [-0.39, 0.29) is 23.7 Å². The van der Waals surface area contributed by atoms with Gasteiger partial charge in [-0.3, -0.25) is 9.59 Å². The van der Waals surface area contributed by atoms with Crippen molar-refractivity contribution in [3.8, 4) is 0 Å². The summed E-state index contributed by atoms with van der Waals surface area (Å²) in [4.78, 5) is 25.4. The number of hydrogen-bond acceptors (Lipinski definition) is 5. The molecule has 4 rings (SSSR count). The van der Waals surface area contributed by atoms with Crippen molar-refractivity contribution in [2.24, 2.45) is 5.92 Å². The molecule has 0 saturated heterocycles. The minimum atomic E-state index is -1.07. The van der Waals surface area contributed by atoms with Gasteiger partial charge in [-0.1, -0.05) is 18.2 Å². The van der Waals surface area contributed by atoms with E-state index in [1.54, 1.807) is 24.3 Å². The molecule has 0 unspecified atom stereocenters. The highest BCUT2D eigenvalue weighted by Gasteiger charge is 2.46. The molecule has 128 valence electrons. The second kappa shape index (κ2) is 6.13. The van der Waals surface area contributed by atoms with Crippen molar-refractivity contribution in [1.82, 2.24) is 5.32 Å². The van der Waals surface area contributed by atoms with Crippen molar-refractivity contribution in [3.63, 3.8) is 0 Å². The fourth-order valence-electron chi connectivity index (χ4n) is 3.04. The molecular weight excluding hydrogens is 338 g/mol. The van der Waals surface area contributed by atoms with Gasteiger partial charge in [0.05, 0.1) is 11.9 Å². The number of carbonyl (C=O) groups is 1. The Morgan fingerprint density at radius 2 is 2.08 bits per heavy atom. The number of fused-ring (bicyclic) bond motifs is 1. The molecule has 3 aromatic rings. The molecule has 2 N–H and O–H groups in total. The van der Waals surface area contributed by atoms with Crippen molar-refractivity contribution in [2.45, 2.75) is 18.4 Å². The lowest BCUT2D eigenvalue weighted by molar-refractivity contribution is 0.0166. The van der Waals surface area contributed by atoms with Crippen LogP contribution < -0.4 is 10.7 Å². The summed E-state index contributed by atoms with van der Waals surface area (Å²) >= 11 is 1.48. The molecule has 0 radical (unpaired) electrons. The summed E-state index contributed by atoms with van der Waals surface area (Å²) in [5.41, 5.74) is -0.959. The lowest BCUT2D eigenvalue weighted by atomic mass is 9.95. The van der Waals surface area contributed by atoms with Crippen LogP contribution in [0.2, 0.25) is 0 Å². The maximum atomic E-state index is 12.4. The van der Waals surface area contributed by atoms with Crippen LogP contribution in [0.5, 0.6) is 0 Å². The van der Waals surface area contributed by atoms with Crippen molar-refractivity contribution >= 4 is 28.2 Å². The molecule has 2 heterocycles. The van der Waals surface area contributed by atoms with Gasteiger partial charge in [-0.05, 0) is 42.3 Å². The second-order valence-corrected chi connectivity index (χ2v) is 7.28.